The van der Waals surface area contributed by atoms with Crippen LogP contribution in [-0.2, 0) is 41.5 Å². The van der Waals surface area contributed by atoms with Gasteiger partial charge in [0.2, 0.25) is 11.8 Å². The number of carbonyl (C=O) groups is 7. The van der Waals surface area contributed by atoms with E-state index < -0.39 is 94.6 Å². The van der Waals surface area contributed by atoms with E-state index in [0.717, 1.165) is 16.0 Å². The second-order valence-corrected chi connectivity index (χ2v) is 20.8. The number of Topliss-reactive ketones (excluding diaryl/α,β-unsaturated/α-hetero) is 2. The number of nitrogens with zero attached hydrogens (tertiary/aromatic N) is 2. The highest BCUT2D eigenvalue weighted by Gasteiger charge is 2.64. The van der Waals surface area contributed by atoms with E-state index in [9.17, 15) is 33.6 Å². The summed E-state index contributed by atoms with van der Waals surface area (Å²) < 4.78 is 42.2. The molecule has 0 bridgehead atoms. The minimum atomic E-state index is -3.26. The molecule has 2 saturated heterocycles. The summed E-state index contributed by atoms with van der Waals surface area (Å²) in [6.07, 6.45) is -0.411. The number of amides is 6. The molecule has 68 heavy (non-hydrogen) atoms. The van der Waals surface area contributed by atoms with Crippen LogP contribution in [0.2, 0.25) is 0 Å². The topological polar surface area (TPSA) is 193 Å². The highest BCUT2D eigenvalue weighted by molar-refractivity contribution is 5.95. The number of piperidine rings is 1. The van der Waals surface area contributed by atoms with Crippen molar-refractivity contribution in [3.8, 4) is 0 Å². The molecule has 0 unspecified atom stereocenters. The fourth-order valence-corrected chi connectivity index (χ4v) is 8.67. The molecule has 17 heteroatoms. The van der Waals surface area contributed by atoms with E-state index in [0.29, 0.717) is 12.8 Å². The second kappa shape index (κ2) is 24.1. The van der Waals surface area contributed by atoms with Crippen LogP contribution >= 0.6 is 0 Å². The number of ketones is 2. The Bertz CT molecular complexity index is 2030. The number of likely N-dealkylation sites (tertiary alicyclic amines) is 2. The Kier molecular flexibility index (Phi) is 19.5. The molecule has 0 saturated carbocycles. The molecule has 1 spiro atoms. The first-order valence-corrected chi connectivity index (χ1v) is 23.8. The van der Waals surface area contributed by atoms with Crippen molar-refractivity contribution < 1.29 is 51.8 Å². The highest BCUT2D eigenvalue weighted by atomic mass is 19.3. The molecule has 6 amide bonds. The number of hydrogen-bond acceptors (Lipinski definition) is 9. The van der Waals surface area contributed by atoms with Gasteiger partial charge in [0.05, 0.1) is 24.0 Å². The average Bonchev–Trinajstić information content (AvgIpc) is 3.22. The van der Waals surface area contributed by atoms with Crippen LogP contribution in [0.5, 0.6) is 0 Å². The Morgan fingerprint density at radius 3 is 1.78 bits per heavy atom. The van der Waals surface area contributed by atoms with E-state index >= 15 is 8.78 Å². The van der Waals surface area contributed by atoms with Gasteiger partial charge in [-0.3, -0.25) is 19.2 Å². The van der Waals surface area contributed by atoms with Crippen LogP contribution in [0.3, 0.4) is 0 Å². The van der Waals surface area contributed by atoms with Gasteiger partial charge in [-0.2, -0.15) is 0 Å². The standard InChI is InChI=1S/C51H74F2N6O9/c1-34(2)26-39(56-43(62)38(27-35-18-12-10-13-19-35)30-42(61)40(28-36-20-14-11-15-21-36)57-47(66)68-49(6,7)8)41(60)29-37(22-16-17-24-55-46(65)67-48(3,4)5)44(63)59-31-50(32-59)23-25-58(45(64)54-9)33-51(50,52)53/h10-15,18-21,34,37-40H,16-17,22-33H2,1-9H3,(H,54,64)(H,55,65)(H,56,62)(H,57,66)/t37-,38-,39+,40+/m0/s1. The molecule has 2 aliphatic rings. The Balaban J connectivity index is 1.55. The lowest BCUT2D eigenvalue weighted by molar-refractivity contribution is -0.220. The molecule has 2 fully saturated rings. The number of nitrogens with one attached hydrogen (secondary N) is 4. The largest absolute Gasteiger partial charge is 0.444 e. The Morgan fingerprint density at radius 1 is 0.691 bits per heavy atom. The monoisotopic (exact) mass is 953 g/mol. The van der Waals surface area contributed by atoms with E-state index in [1.54, 1.807) is 41.5 Å². The fourth-order valence-electron chi connectivity index (χ4n) is 8.67. The number of halogens is 2. The molecule has 4 atom stereocenters. The summed E-state index contributed by atoms with van der Waals surface area (Å²) in [6, 6.07) is 15.6. The van der Waals surface area contributed by atoms with Crippen molar-refractivity contribution in [1.29, 1.82) is 0 Å². The van der Waals surface area contributed by atoms with Crippen LogP contribution in [0.4, 0.5) is 23.2 Å². The van der Waals surface area contributed by atoms with Crippen LogP contribution in [-0.4, -0.2) is 120 Å². The predicted molar refractivity (Wildman–Crippen MR) is 254 cm³/mol. The van der Waals surface area contributed by atoms with Crippen molar-refractivity contribution in [1.82, 2.24) is 31.1 Å². The fraction of sp³-hybridized carbons (Fsp3) is 0.627. The molecule has 2 aromatic rings. The molecule has 376 valence electrons. The minimum absolute atomic E-state index is 0.00363. The first kappa shape index (κ1) is 55.0. The van der Waals surface area contributed by atoms with Gasteiger partial charge >= 0.3 is 18.2 Å². The van der Waals surface area contributed by atoms with Gasteiger partial charge < -0.3 is 40.5 Å². The maximum absolute atomic E-state index is 15.7. The van der Waals surface area contributed by atoms with Gasteiger partial charge in [-0.1, -0.05) is 80.9 Å². The van der Waals surface area contributed by atoms with Crippen molar-refractivity contribution in [2.45, 2.75) is 142 Å². The third-order valence-electron chi connectivity index (χ3n) is 12.2. The summed E-state index contributed by atoms with van der Waals surface area (Å²) in [6.45, 7) is 13.2. The van der Waals surface area contributed by atoms with Gasteiger partial charge in [-0.05, 0) is 97.1 Å². The number of ether oxygens (including phenoxy) is 2. The summed E-state index contributed by atoms with van der Waals surface area (Å²) in [7, 11) is 1.38. The van der Waals surface area contributed by atoms with Crippen LogP contribution in [0.25, 0.3) is 0 Å². The van der Waals surface area contributed by atoms with Crippen LogP contribution in [0.1, 0.15) is 111 Å². The zero-order valence-corrected chi connectivity index (χ0v) is 41.4. The molecule has 0 aliphatic carbocycles. The van der Waals surface area contributed by atoms with Crippen molar-refractivity contribution in [2.75, 3.05) is 39.8 Å². The van der Waals surface area contributed by atoms with E-state index in [1.807, 2.05) is 74.5 Å². The third-order valence-corrected chi connectivity index (χ3v) is 12.2. The van der Waals surface area contributed by atoms with Crippen molar-refractivity contribution >= 4 is 41.6 Å². The zero-order valence-electron chi connectivity index (χ0n) is 41.4. The van der Waals surface area contributed by atoms with Crippen molar-refractivity contribution in [2.24, 2.45) is 23.2 Å². The number of alkyl carbamates (subject to hydrolysis) is 2. The quantitative estimate of drug-likeness (QED) is 0.0934. The number of hydrogen-bond donors (Lipinski definition) is 4. The van der Waals surface area contributed by atoms with Crippen molar-refractivity contribution in [3.05, 3.63) is 71.8 Å². The predicted octanol–water partition coefficient (Wildman–Crippen LogP) is 7.25. The molecule has 0 aromatic heterocycles. The van der Waals surface area contributed by atoms with E-state index in [4.69, 9.17) is 9.47 Å². The number of unbranched alkanes of at least 4 members (excludes halogenated alkanes) is 1. The smallest absolute Gasteiger partial charge is 0.408 e. The first-order chi connectivity index (χ1) is 31.8. The molecule has 4 rings (SSSR count). The SMILES string of the molecule is CNC(=O)N1CCC2(CN(C(=O)[C@@H](CCCCNC(=O)OC(C)(C)C)CC(=O)[C@@H](CC(C)C)NC(=O)[C@H](CC(=O)[C@@H](Cc3ccccc3)NC(=O)OC(C)(C)C)Cc3ccccc3)C2)C(F)(F)C1. The van der Waals surface area contributed by atoms with Crippen molar-refractivity contribution in [3.63, 3.8) is 0 Å². The maximum Gasteiger partial charge on any atom is 0.408 e. The summed E-state index contributed by atoms with van der Waals surface area (Å²) in [5.41, 5.74) is -1.49. The van der Waals surface area contributed by atoms with Gasteiger partial charge in [-0.15, -0.1) is 0 Å². The van der Waals surface area contributed by atoms with E-state index in [-0.39, 0.29) is 77.0 Å². The van der Waals surface area contributed by atoms with Gasteiger partial charge in [0.15, 0.2) is 11.6 Å². The van der Waals surface area contributed by atoms with Crippen LogP contribution in [0, 0.1) is 23.2 Å². The van der Waals surface area contributed by atoms with Crippen LogP contribution in [0.15, 0.2) is 60.7 Å². The van der Waals surface area contributed by atoms with Gasteiger partial charge in [-0.25, -0.2) is 23.2 Å². The molecule has 15 nitrogen and oxygen atoms in total. The molecular formula is C51H74F2N6O9. The first-order valence-electron chi connectivity index (χ1n) is 23.8. The number of benzene rings is 2. The number of rotatable bonds is 21. The Hall–Kier alpha value is -5.61. The zero-order chi connectivity index (χ0) is 50.5. The number of urea groups is 1. The molecule has 4 N–H and O–H groups in total. The minimum Gasteiger partial charge on any atom is -0.444 e. The third kappa shape index (κ3) is 16.9. The van der Waals surface area contributed by atoms with Gasteiger partial charge in [0.25, 0.3) is 5.92 Å². The summed E-state index contributed by atoms with van der Waals surface area (Å²) in [4.78, 5) is 97.5. The number of carbonyl (C=O) groups excluding carboxylic acids is 7. The summed E-state index contributed by atoms with van der Waals surface area (Å²) in [5, 5.41) is 10.7. The molecule has 2 aromatic carbocycles. The molecule has 2 heterocycles. The molecule has 0 radical (unpaired) electrons. The van der Waals surface area contributed by atoms with E-state index in [2.05, 4.69) is 21.3 Å². The molecular weight excluding hydrogens is 879 g/mol. The average molecular weight is 953 g/mol. The molecule has 2 aliphatic heterocycles. The Morgan fingerprint density at radius 2 is 1.24 bits per heavy atom. The lowest BCUT2D eigenvalue weighted by Gasteiger charge is -2.57. The lowest BCUT2D eigenvalue weighted by Crippen LogP contribution is -2.72. The van der Waals surface area contributed by atoms with Gasteiger partial charge in [0.1, 0.15) is 11.2 Å². The highest BCUT2D eigenvalue weighted by Crippen LogP contribution is 2.50. The summed E-state index contributed by atoms with van der Waals surface area (Å²) >= 11 is 0. The normalized spacial score (nSPS) is 17.2. The lowest BCUT2D eigenvalue weighted by atomic mass is 9.68. The second-order valence-electron chi connectivity index (χ2n) is 20.8. The van der Waals surface area contributed by atoms with E-state index in [1.165, 1.54) is 11.9 Å². The van der Waals surface area contributed by atoms with Crippen LogP contribution < -0.4 is 21.3 Å². The number of alkyl halides is 2. The Labute approximate surface area is 400 Å². The summed E-state index contributed by atoms with van der Waals surface area (Å²) in [5.74, 6) is -7.08. The maximum atomic E-state index is 15.7. The van der Waals surface area contributed by atoms with Gasteiger partial charge in [0, 0.05) is 57.9 Å².